The number of hydrogen-bond acceptors (Lipinski definition) is 6. The van der Waals surface area contributed by atoms with E-state index in [9.17, 15) is 9.59 Å². The van der Waals surface area contributed by atoms with Crippen LogP contribution in [0.1, 0.15) is 41.0 Å². The number of H-pyrrole nitrogens is 1. The smallest absolute Gasteiger partial charge is 0.262 e. The topological polar surface area (TPSA) is 99.8 Å². The van der Waals surface area contributed by atoms with E-state index in [0.717, 1.165) is 21.5 Å². The summed E-state index contributed by atoms with van der Waals surface area (Å²) in [4.78, 5) is 29.6. The lowest BCUT2D eigenvalue weighted by atomic mass is 9.98. The lowest BCUT2D eigenvalue weighted by molar-refractivity contribution is -0.118. The molecule has 2 amide bonds. The molecule has 0 spiro atoms. The Morgan fingerprint density at radius 3 is 2.65 bits per heavy atom. The molecule has 4 rings (SSSR count). The minimum Gasteiger partial charge on any atom is -0.361 e. The molecule has 0 aliphatic heterocycles. The van der Waals surface area contributed by atoms with Crippen LogP contribution in [0, 0.1) is 0 Å². The highest BCUT2D eigenvalue weighted by molar-refractivity contribution is 7.15. The molecule has 0 fully saturated rings. The Bertz CT molecular complexity index is 1200. The first-order chi connectivity index (χ1) is 14.8. The summed E-state index contributed by atoms with van der Waals surface area (Å²) in [5.74, 6) is -0.602. The largest absolute Gasteiger partial charge is 0.361 e. The summed E-state index contributed by atoms with van der Waals surface area (Å²) in [6, 6.07) is 10.7. The van der Waals surface area contributed by atoms with Crippen molar-refractivity contribution in [2.45, 2.75) is 38.6 Å². The molecule has 3 heterocycles. The summed E-state index contributed by atoms with van der Waals surface area (Å²) >= 11 is 2.68. The van der Waals surface area contributed by atoms with Gasteiger partial charge in [-0.3, -0.25) is 14.9 Å². The van der Waals surface area contributed by atoms with Crippen molar-refractivity contribution in [2.75, 3.05) is 5.32 Å². The molecule has 7 nitrogen and oxygen atoms in total. The zero-order valence-corrected chi connectivity index (χ0v) is 19.1. The Kier molecular flexibility index (Phi) is 5.88. The number of aromatic amines is 1. The summed E-state index contributed by atoms with van der Waals surface area (Å²) in [5, 5.41) is 18.1. The average molecular weight is 454 g/mol. The van der Waals surface area contributed by atoms with E-state index in [2.05, 4.69) is 25.8 Å². The number of hydrogen-bond donors (Lipinski definition) is 3. The van der Waals surface area contributed by atoms with Crippen LogP contribution in [0.15, 0.2) is 48.0 Å². The predicted octanol–water partition coefficient (Wildman–Crippen LogP) is 4.36. The molecule has 0 saturated heterocycles. The van der Waals surface area contributed by atoms with Gasteiger partial charge in [-0.2, -0.15) is 0 Å². The Balaban J connectivity index is 1.57. The van der Waals surface area contributed by atoms with E-state index in [1.807, 2.05) is 62.7 Å². The van der Waals surface area contributed by atoms with E-state index in [-0.39, 0.29) is 17.2 Å². The number of carbonyl (C=O) groups excluding carboxylic acids is 2. The van der Waals surface area contributed by atoms with E-state index in [1.165, 1.54) is 22.7 Å². The molecular formula is C22H23N5O2S2. The maximum absolute atomic E-state index is 13.1. The number of anilines is 1. The van der Waals surface area contributed by atoms with Crippen LogP contribution in [-0.2, 0) is 16.6 Å². The number of amides is 2. The molecule has 0 bridgehead atoms. The fourth-order valence-electron chi connectivity index (χ4n) is 3.14. The first kappa shape index (κ1) is 21.2. The van der Waals surface area contributed by atoms with E-state index in [4.69, 9.17) is 0 Å². The predicted molar refractivity (Wildman–Crippen MR) is 125 cm³/mol. The van der Waals surface area contributed by atoms with Crippen molar-refractivity contribution in [2.24, 2.45) is 0 Å². The van der Waals surface area contributed by atoms with Gasteiger partial charge in [-0.1, -0.05) is 56.4 Å². The van der Waals surface area contributed by atoms with E-state index in [0.29, 0.717) is 16.4 Å². The van der Waals surface area contributed by atoms with Crippen molar-refractivity contribution in [1.29, 1.82) is 0 Å². The molecule has 1 unspecified atom stereocenters. The second kappa shape index (κ2) is 8.60. The highest BCUT2D eigenvalue weighted by Crippen LogP contribution is 2.28. The highest BCUT2D eigenvalue weighted by atomic mass is 32.1. The van der Waals surface area contributed by atoms with Gasteiger partial charge in [-0.05, 0) is 23.1 Å². The molecule has 4 aromatic rings. The maximum atomic E-state index is 13.1. The van der Waals surface area contributed by atoms with Gasteiger partial charge < -0.3 is 10.3 Å². The Morgan fingerprint density at radius 2 is 1.94 bits per heavy atom. The highest BCUT2D eigenvalue weighted by Gasteiger charge is 2.26. The summed E-state index contributed by atoms with van der Waals surface area (Å²) in [5.41, 5.74) is 1.78. The van der Waals surface area contributed by atoms with Gasteiger partial charge in [0.25, 0.3) is 5.91 Å². The van der Waals surface area contributed by atoms with Crippen molar-refractivity contribution < 1.29 is 9.59 Å². The minimum atomic E-state index is -0.768. The van der Waals surface area contributed by atoms with Crippen molar-refractivity contribution in [1.82, 2.24) is 20.5 Å². The van der Waals surface area contributed by atoms with Gasteiger partial charge in [0.15, 0.2) is 0 Å². The van der Waals surface area contributed by atoms with Crippen molar-refractivity contribution in [3.8, 4) is 0 Å². The van der Waals surface area contributed by atoms with Crippen LogP contribution in [-0.4, -0.2) is 33.0 Å². The van der Waals surface area contributed by atoms with Crippen LogP contribution >= 0.6 is 22.7 Å². The van der Waals surface area contributed by atoms with Gasteiger partial charge in [-0.25, -0.2) is 0 Å². The second-order valence-electron chi connectivity index (χ2n) is 8.22. The fourth-order valence-corrected chi connectivity index (χ4v) is 4.57. The SMILES string of the molecule is CC(C)(C)c1nnc(NC(=O)C(Cc2c[nH]c3ccccc23)NC(=O)c2cccs2)s1. The van der Waals surface area contributed by atoms with Crippen LogP contribution in [0.25, 0.3) is 10.9 Å². The molecule has 0 radical (unpaired) electrons. The Hall–Kier alpha value is -3.04. The number of aromatic nitrogens is 3. The first-order valence-electron chi connectivity index (χ1n) is 9.85. The number of benzene rings is 1. The molecule has 9 heteroatoms. The molecule has 1 atom stereocenters. The zero-order valence-electron chi connectivity index (χ0n) is 17.4. The van der Waals surface area contributed by atoms with E-state index < -0.39 is 6.04 Å². The van der Waals surface area contributed by atoms with Crippen LogP contribution in [0.4, 0.5) is 5.13 Å². The lowest BCUT2D eigenvalue weighted by Gasteiger charge is -2.17. The Morgan fingerprint density at radius 1 is 1.13 bits per heavy atom. The monoisotopic (exact) mass is 453 g/mol. The quantitative estimate of drug-likeness (QED) is 0.404. The molecule has 1 aromatic carbocycles. The van der Waals surface area contributed by atoms with Gasteiger partial charge in [0.05, 0.1) is 4.88 Å². The van der Waals surface area contributed by atoms with Gasteiger partial charge in [0, 0.05) is 28.9 Å². The minimum absolute atomic E-state index is 0.155. The molecule has 0 aliphatic rings. The number of thiophene rings is 1. The number of para-hydroxylation sites is 1. The van der Waals surface area contributed by atoms with Crippen molar-refractivity contribution >= 4 is 50.5 Å². The van der Waals surface area contributed by atoms with Crippen LogP contribution < -0.4 is 10.6 Å². The molecule has 0 saturated carbocycles. The number of nitrogens with one attached hydrogen (secondary N) is 3. The molecule has 3 aromatic heterocycles. The number of rotatable bonds is 6. The third kappa shape index (κ3) is 4.83. The summed E-state index contributed by atoms with van der Waals surface area (Å²) in [7, 11) is 0. The number of carbonyl (C=O) groups is 2. The third-order valence-electron chi connectivity index (χ3n) is 4.76. The number of nitrogens with zero attached hydrogens (tertiary/aromatic N) is 2. The molecule has 3 N–H and O–H groups in total. The van der Waals surface area contributed by atoms with Gasteiger partial charge in [0.2, 0.25) is 11.0 Å². The summed E-state index contributed by atoms with van der Waals surface area (Å²) in [6.45, 7) is 6.13. The van der Waals surface area contributed by atoms with Crippen LogP contribution in [0.2, 0.25) is 0 Å². The summed E-state index contributed by atoms with van der Waals surface area (Å²) in [6.07, 6.45) is 2.22. The van der Waals surface area contributed by atoms with Crippen LogP contribution in [0.3, 0.4) is 0 Å². The second-order valence-corrected chi connectivity index (χ2v) is 10.1. The van der Waals surface area contributed by atoms with Crippen molar-refractivity contribution in [3.63, 3.8) is 0 Å². The van der Waals surface area contributed by atoms with Gasteiger partial charge in [0.1, 0.15) is 11.0 Å². The lowest BCUT2D eigenvalue weighted by Crippen LogP contribution is -2.45. The van der Waals surface area contributed by atoms with Gasteiger partial charge >= 0.3 is 0 Å². The fraction of sp³-hybridized carbons (Fsp3) is 0.273. The standard InChI is InChI=1S/C22H23N5O2S2/c1-22(2,3)20-26-27-21(31-20)25-18(28)16(24-19(29)17-9-6-10-30-17)11-13-12-23-15-8-5-4-7-14(13)15/h4-10,12,16,23H,11H2,1-3H3,(H,24,29)(H,25,27,28). The third-order valence-corrected chi connectivity index (χ3v) is 6.90. The van der Waals surface area contributed by atoms with E-state index >= 15 is 0 Å². The summed E-state index contributed by atoms with van der Waals surface area (Å²) < 4.78 is 0. The van der Waals surface area contributed by atoms with Crippen molar-refractivity contribution in [3.05, 3.63) is 63.4 Å². The van der Waals surface area contributed by atoms with Gasteiger partial charge in [-0.15, -0.1) is 21.5 Å². The molecular weight excluding hydrogens is 430 g/mol. The van der Waals surface area contributed by atoms with E-state index in [1.54, 1.807) is 6.07 Å². The molecule has 0 aliphatic carbocycles. The molecule has 31 heavy (non-hydrogen) atoms. The number of fused-ring (bicyclic) bond motifs is 1. The average Bonchev–Trinajstić information content (AvgIpc) is 3.48. The first-order valence-corrected chi connectivity index (χ1v) is 11.5. The van der Waals surface area contributed by atoms with Crippen LogP contribution in [0.5, 0.6) is 0 Å². The zero-order chi connectivity index (χ0) is 22.0. The normalized spacial score (nSPS) is 12.6. The molecule has 160 valence electrons. The Labute approximate surface area is 187 Å². The maximum Gasteiger partial charge on any atom is 0.262 e.